The van der Waals surface area contributed by atoms with Crippen molar-refractivity contribution < 1.29 is 4.79 Å². The van der Waals surface area contributed by atoms with Gasteiger partial charge in [0.25, 0.3) is 5.91 Å². The van der Waals surface area contributed by atoms with Gasteiger partial charge in [-0.05, 0) is 30.9 Å². The quantitative estimate of drug-likeness (QED) is 0.780. The fourth-order valence-corrected chi connectivity index (χ4v) is 3.49. The number of nitrogens with one attached hydrogen (secondary N) is 1. The fraction of sp³-hybridized carbons (Fsp3) is 0.471. The maximum Gasteiger partial charge on any atom is 0.263 e. The highest BCUT2D eigenvalue weighted by Gasteiger charge is 2.15. The van der Waals surface area contributed by atoms with Crippen LogP contribution in [0.3, 0.4) is 0 Å². The molecule has 0 unspecified atom stereocenters. The molecule has 0 spiro atoms. The van der Waals surface area contributed by atoms with Gasteiger partial charge in [-0.15, -0.1) is 11.3 Å². The van der Waals surface area contributed by atoms with Gasteiger partial charge in [0.2, 0.25) is 0 Å². The summed E-state index contributed by atoms with van der Waals surface area (Å²) < 4.78 is 1.08. The second kappa shape index (κ2) is 6.94. The second-order valence-corrected chi connectivity index (χ2v) is 7.04. The molecule has 0 aliphatic rings. The van der Waals surface area contributed by atoms with E-state index in [0.29, 0.717) is 10.6 Å². The predicted octanol–water partition coefficient (Wildman–Crippen LogP) is 4.35. The number of carbonyl (C=O) groups excluding carboxylic acids is 1. The molecule has 0 saturated heterocycles. The first-order chi connectivity index (χ1) is 9.99. The zero-order valence-electron chi connectivity index (χ0n) is 13.0. The third-order valence-electron chi connectivity index (χ3n) is 3.58. The molecule has 1 heterocycles. The summed E-state index contributed by atoms with van der Waals surface area (Å²) in [4.78, 5) is 12.9. The van der Waals surface area contributed by atoms with Crippen LogP contribution in [0.25, 0.3) is 10.1 Å². The van der Waals surface area contributed by atoms with Crippen LogP contribution in [0.15, 0.2) is 18.2 Å². The van der Waals surface area contributed by atoms with Crippen LogP contribution in [0.4, 0.5) is 5.69 Å². The Balaban J connectivity index is 1.98. The van der Waals surface area contributed by atoms with E-state index in [-0.39, 0.29) is 5.91 Å². The van der Waals surface area contributed by atoms with E-state index >= 15 is 0 Å². The Morgan fingerprint density at radius 3 is 2.81 bits per heavy atom. The summed E-state index contributed by atoms with van der Waals surface area (Å²) in [6.45, 7) is 7.21. The molecule has 21 heavy (non-hydrogen) atoms. The highest BCUT2D eigenvalue weighted by atomic mass is 32.1. The topological polar surface area (TPSA) is 55.1 Å². The average molecular weight is 304 g/mol. The fourth-order valence-electron chi connectivity index (χ4n) is 2.35. The van der Waals surface area contributed by atoms with Crippen molar-refractivity contribution in [3.63, 3.8) is 0 Å². The van der Waals surface area contributed by atoms with Crippen LogP contribution in [0.2, 0.25) is 0 Å². The van der Waals surface area contributed by atoms with Gasteiger partial charge in [0.05, 0.1) is 5.69 Å². The second-order valence-electron chi connectivity index (χ2n) is 5.99. The van der Waals surface area contributed by atoms with Gasteiger partial charge in [0, 0.05) is 16.6 Å². The van der Waals surface area contributed by atoms with Crippen molar-refractivity contribution in [1.82, 2.24) is 5.32 Å². The van der Waals surface area contributed by atoms with Crippen molar-refractivity contribution in [2.75, 3.05) is 12.3 Å². The van der Waals surface area contributed by atoms with E-state index in [2.05, 4.69) is 25.2 Å². The van der Waals surface area contributed by atoms with Crippen molar-refractivity contribution in [3.05, 3.63) is 28.6 Å². The smallest absolute Gasteiger partial charge is 0.263 e. The number of nitrogens with two attached hydrogens (primary N) is 1. The first kappa shape index (κ1) is 15.8. The Morgan fingerprint density at radius 1 is 1.33 bits per heavy atom. The van der Waals surface area contributed by atoms with Crippen LogP contribution in [-0.2, 0) is 0 Å². The molecule has 0 bridgehead atoms. The number of anilines is 1. The number of aryl methyl sites for hydroxylation is 1. The van der Waals surface area contributed by atoms with E-state index in [9.17, 15) is 4.79 Å². The summed E-state index contributed by atoms with van der Waals surface area (Å²) in [7, 11) is 0. The summed E-state index contributed by atoms with van der Waals surface area (Å²) in [5, 5.41) is 3.96. The van der Waals surface area contributed by atoms with Gasteiger partial charge in [0.15, 0.2) is 0 Å². The molecule has 0 aliphatic heterocycles. The van der Waals surface area contributed by atoms with Gasteiger partial charge in [-0.2, -0.15) is 0 Å². The summed E-state index contributed by atoms with van der Waals surface area (Å²) in [6, 6.07) is 6.10. The standard InChI is InChI=1S/C17H24N2OS/c1-11(2)6-4-5-9-19-17(20)16-15(18)13-8-7-12(3)10-14(13)21-16/h7-8,10-11H,4-6,9,18H2,1-3H3,(H,19,20). The number of benzene rings is 1. The van der Waals surface area contributed by atoms with E-state index in [4.69, 9.17) is 5.73 Å². The molecule has 2 rings (SSSR count). The minimum absolute atomic E-state index is 0.0455. The van der Waals surface area contributed by atoms with Crippen molar-refractivity contribution in [2.24, 2.45) is 5.92 Å². The number of carbonyl (C=O) groups is 1. The minimum Gasteiger partial charge on any atom is -0.397 e. The highest BCUT2D eigenvalue weighted by molar-refractivity contribution is 7.21. The van der Waals surface area contributed by atoms with Crippen molar-refractivity contribution >= 4 is 33.0 Å². The van der Waals surface area contributed by atoms with Gasteiger partial charge >= 0.3 is 0 Å². The average Bonchev–Trinajstić information content (AvgIpc) is 2.74. The third-order valence-corrected chi connectivity index (χ3v) is 4.75. The molecule has 0 fully saturated rings. The summed E-state index contributed by atoms with van der Waals surface area (Å²) in [5.41, 5.74) is 7.90. The molecular weight excluding hydrogens is 280 g/mol. The predicted molar refractivity (Wildman–Crippen MR) is 92.0 cm³/mol. The molecular formula is C17H24N2OS. The normalized spacial score (nSPS) is 11.2. The van der Waals surface area contributed by atoms with E-state index < -0.39 is 0 Å². The zero-order chi connectivity index (χ0) is 15.4. The van der Waals surface area contributed by atoms with Crippen molar-refractivity contribution in [1.29, 1.82) is 0 Å². The SMILES string of the molecule is Cc1ccc2c(N)c(C(=O)NCCCCC(C)C)sc2c1. The maximum atomic E-state index is 12.2. The van der Waals surface area contributed by atoms with Gasteiger partial charge in [-0.3, -0.25) is 4.79 Å². The molecule has 3 nitrogen and oxygen atoms in total. The van der Waals surface area contributed by atoms with E-state index in [0.717, 1.165) is 35.4 Å². The van der Waals surface area contributed by atoms with Gasteiger partial charge in [0.1, 0.15) is 4.88 Å². The summed E-state index contributed by atoms with van der Waals surface area (Å²) in [5.74, 6) is 0.679. The Hall–Kier alpha value is -1.55. The Morgan fingerprint density at radius 2 is 2.10 bits per heavy atom. The van der Waals surface area contributed by atoms with Crippen LogP contribution in [0, 0.1) is 12.8 Å². The summed E-state index contributed by atoms with van der Waals surface area (Å²) in [6.07, 6.45) is 3.38. The largest absolute Gasteiger partial charge is 0.397 e. The zero-order valence-corrected chi connectivity index (χ0v) is 13.8. The van der Waals surface area contributed by atoms with Crippen LogP contribution >= 0.6 is 11.3 Å². The number of rotatable bonds is 6. The van der Waals surface area contributed by atoms with Gasteiger partial charge < -0.3 is 11.1 Å². The molecule has 1 amide bonds. The molecule has 2 aromatic rings. The number of unbranched alkanes of at least 4 members (excludes halogenated alkanes) is 1. The lowest BCUT2D eigenvalue weighted by Crippen LogP contribution is -2.24. The molecule has 0 atom stereocenters. The monoisotopic (exact) mass is 304 g/mol. The van der Waals surface area contributed by atoms with Crippen LogP contribution < -0.4 is 11.1 Å². The lowest BCUT2D eigenvalue weighted by molar-refractivity contribution is 0.0958. The first-order valence-corrected chi connectivity index (χ1v) is 8.37. The Labute approximate surface area is 130 Å². The number of thiophene rings is 1. The number of amides is 1. The Bertz CT molecular complexity index is 631. The third kappa shape index (κ3) is 3.97. The van der Waals surface area contributed by atoms with Crippen LogP contribution in [0.5, 0.6) is 0 Å². The van der Waals surface area contributed by atoms with E-state index in [1.165, 1.54) is 23.3 Å². The minimum atomic E-state index is -0.0455. The number of hydrogen-bond donors (Lipinski definition) is 2. The molecule has 4 heteroatoms. The van der Waals surface area contributed by atoms with Crippen molar-refractivity contribution in [3.8, 4) is 0 Å². The van der Waals surface area contributed by atoms with Gasteiger partial charge in [-0.1, -0.05) is 38.8 Å². The molecule has 3 N–H and O–H groups in total. The molecule has 0 saturated carbocycles. The van der Waals surface area contributed by atoms with Gasteiger partial charge in [-0.25, -0.2) is 0 Å². The lowest BCUT2D eigenvalue weighted by atomic mass is 10.1. The molecule has 0 radical (unpaired) electrons. The first-order valence-electron chi connectivity index (χ1n) is 7.56. The Kier molecular flexibility index (Phi) is 5.23. The van der Waals surface area contributed by atoms with Crippen LogP contribution in [-0.4, -0.2) is 12.5 Å². The van der Waals surface area contributed by atoms with Crippen molar-refractivity contribution in [2.45, 2.75) is 40.0 Å². The summed E-state index contributed by atoms with van der Waals surface area (Å²) >= 11 is 1.48. The molecule has 1 aromatic carbocycles. The van der Waals surface area contributed by atoms with E-state index in [1.54, 1.807) is 0 Å². The maximum absolute atomic E-state index is 12.2. The van der Waals surface area contributed by atoms with Crippen LogP contribution in [0.1, 0.15) is 48.3 Å². The van der Waals surface area contributed by atoms with E-state index in [1.807, 2.05) is 19.1 Å². The number of hydrogen-bond acceptors (Lipinski definition) is 3. The number of nitrogen functional groups attached to an aromatic ring is 1. The molecule has 0 aliphatic carbocycles. The number of fused-ring (bicyclic) bond motifs is 1. The molecule has 114 valence electrons. The molecule has 1 aromatic heterocycles. The lowest BCUT2D eigenvalue weighted by Gasteiger charge is -2.06. The highest BCUT2D eigenvalue weighted by Crippen LogP contribution is 2.34.